The first-order valence-electron chi connectivity index (χ1n) is 6.27. The van der Waals surface area contributed by atoms with Gasteiger partial charge in [-0.3, -0.25) is 9.59 Å². The van der Waals surface area contributed by atoms with Gasteiger partial charge in [-0.2, -0.15) is 0 Å². The summed E-state index contributed by atoms with van der Waals surface area (Å²) in [5.74, 6) is 2.46. The Morgan fingerprint density at radius 3 is 2.81 bits per heavy atom. The Bertz CT molecular complexity index is 329. The molecular weight excluding hydrogens is 204 g/mol. The molecule has 3 fully saturated rings. The summed E-state index contributed by atoms with van der Waals surface area (Å²) in [4.78, 5) is 24.6. The predicted molar refractivity (Wildman–Crippen MR) is 58.5 cm³/mol. The maximum Gasteiger partial charge on any atom is 0.242 e. The van der Waals surface area contributed by atoms with Crippen molar-refractivity contribution in [3.63, 3.8) is 0 Å². The van der Waals surface area contributed by atoms with Crippen LogP contribution in [0, 0.1) is 17.8 Å². The molecule has 3 atom stereocenters. The van der Waals surface area contributed by atoms with Gasteiger partial charge >= 0.3 is 0 Å². The highest BCUT2D eigenvalue weighted by Gasteiger charge is 2.41. The summed E-state index contributed by atoms with van der Waals surface area (Å²) in [5, 5.41) is 2.59. The SMILES string of the molecule is O=C1CN(CC2CC3CCC2C3)C(=O)CN1. The largest absolute Gasteiger partial charge is 0.345 e. The lowest BCUT2D eigenvalue weighted by atomic mass is 9.88. The zero-order chi connectivity index (χ0) is 11.1. The lowest BCUT2D eigenvalue weighted by Gasteiger charge is -2.32. The second-order valence-electron chi connectivity index (χ2n) is 5.49. The van der Waals surface area contributed by atoms with E-state index in [9.17, 15) is 9.59 Å². The Hall–Kier alpha value is -1.06. The molecule has 1 aliphatic heterocycles. The molecule has 1 saturated heterocycles. The Morgan fingerprint density at radius 1 is 1.25 bits per heavy atom. The summed E-state index contributed by atoms with van der Waals surface area (Å²) in [6, 6.07) is 0. The van der Waals surface area contributed by atoms with Crippen LogP contribution in [0.15, 0.2) is 0 Å². The minimum absolute atomic E-state index is 0.0113. The molecule has 0 aromatic heterocycles. The monoisotopic (exact) mass is 222 g/mol. The number of nitrogens with zero attached hydrogens (tertiary/aromatic N) is 1. The molecule has 2 saturated carbocycles. The van der Waals surface area contributed by atoms with Crippen LogP contribution >= 0.6 is 0 Å². The fraction of sp³-hybridized carbons (Fsp3) is 0.833. The quantitative estimate of drug-likeness (QED) is 0.734. The second kappa shape index (κ2) is 3.75. The van der Waals surface area contributed by atoms with Crippen LogP contribution in [-0.2, 0) is 9.59 Å². The van der Waals surface area contributed by atoms with Crippen molar-refractivity contribution in [2.45, 2.75) is 25.7 Å². The van der Waals surface area contributed by atoms with Crippen LogP contribution in [0.25, 0.3) is 0 Å². The maximum atomic E-state index is 11.6. The molecule has 4 heteroatoms. The van der Waals surface area contributed by atoms with Crippen molar-refractivity contribution in [2.75, 3.05) is 19.6 Å². The van der Waals surface area contributed by atoms with Crippen LogP contribution < -0.4 is 5.32 Å². The number of fused-ring (bicyclic) bond motifs is 2. The van der Waals surface area contributed by atoms with Gasteiger partial charge in [-0.05, 0) is 37.0 Å². The molecule has 16 heavy (non-hydrogen) atoms. The average Bonchev–Trinajstić information content (AvgIpc) is 2.85. The lowest BCUT2D eigenvalue weighted by Crippen LogP contribution is -2.53. The van der Waals surface area contributed by atoms with Gasteiger partial charge in [0.05, 0.1) is 13.1 Å². The topological polar surface area (TPSA) is 49.4 Å². The number of piperazine rings is 1. The number of nitrogens with one attached hydrogen (secondary N) is 1. The zero-order valence-corrected chi connectivity index (χ0v) is 9.45. The first kappa shape index (κ1) is 10.1. The molecule has 88 valence electrons. The second-order valence-corrected chi connectivity index (χ2v) is 5.49. The number of rotatable bonds is 2. The van der Waals surface area contributed by atoms with Gasteiger partial charge in [0.1, 0.15) is 0 Å². The van der Waals surface area contributed by atoms with Crippen molar-refractivity contribution >= 4 is 11.8 Å². The van der Waals surface area contributed by atoms with E-state index in [2.05, 4.69) is 5.32 Å². The van der Waals surface area contributed by atoms with E-state index in [1.165, 1.54) is 25.7 Å². The smallest absolute Gasteiger partial charge is 0.242 e. The third-order valence-corrected chi connectivity index (χ3v) is 4.46. The van der Waals surface area contributed by atoms with Crippen molar-refractivity contribution in [3.8, 4) is 0 Å². The van der Waals surface area contributed by atoms with E-state index in [0.29, 0.717) is 5.92 Å². The summed E-state index contributed by atoms with van der Waals surface area (Å²) in [6.45, 7) is 1.28. The number of carbonyl (C=O) groups is 2. The van der Waals surface area contributed by atoms with E-state index in [0.717, 1.165) is 18.4 Å². The minimum Gasteiger partial charge on any atom is -0.345 e. The Balaban J connectivity index is 1.61. The van der Waals surface area contributed by atoms with E-state index < -0.39 is 0 Å². The molecule has 0 radical (unpaired) electrons. The third kappa shape index (κ3) is 1.70. The molecule has 0 spiro atoms. The third-order valence-electron chi connectivity index (χ3n) is 4.46. The summed E-state index contributed by atoms with van der Waals surface area (Å²) in [6.07, 6.45) is 5.36. The summed E-state index contributed by atoms with van der Waals surface area (Å²) >= 11 is 0. The van der Waals surface area contributed by atoms with Gasteiger partial charge in [-0.15, -0.1) is 0 Å². The van der Waals surface area contributed by atoms with E-state index in [-0.39, 0.29) is 24.9 Å². The highest BCUT2D eigenvalue weighted by atomic mass is 16.2. The van der Waals surface area contributed by atoms with Crippen LogP contribution in [0.2, 0.25) is 0 Å². The molecule has 3 rings (SSSR count). The first-order chi connectivity index (χ1) is 7.72. The molecule has 0 aromatic carbocycles. The number of amides is 2. The Kier molecular flexibility index (Phi) is 2.37. The maximum absolute atomic E-state index is 11.6. The first-order valence-corrected chi connectivity index (χ1v) is 6.27. The summed E-state index contributed by atoms with van der Waals surface area (Å²) in [5.41, 5.74) is 0. The van der Waals surface area contributed by atoms with Gasteiger partial charge in [0.2, 0.25) is 11.8 Å². The van der Waals surface area contributed by atoms with E-state index >= 15 is 0 Å². The molecule has 4 nitrogen and oxygen atoms in total. The molecule has 2 amide bonds. The van der Waals surface area contributed by atoms with Crippen molar-refractivity contribution in [2.24, 2.45) is 17.8 Å². The van der Waals surface area contributed by atoms with Crippen molar-refractivity contribution in [1.82, 2.24) is 10.2 Å². The number of hydrogen-bond acceptors (Lipinski definition) is 2. The molecular formula is C12H18N2O2. The Labute approximate surface area is 95.4 Å². The van der Waals surface area contributed by atoms with Gasteiger partial charge in [-0.1, -0.05) is 6.42 Å². The lowest BCUT2D eigenvalue weighted by molar-refractivity contribution is -0.141. The molecule has 2 aliphatic carbocycles. The minimum atomic E-state index is -0.0113. The van der Waals surface area contributed by atoms with Crippen molar-refractivity contribution < 1.29 is 9.59 Å². The average molecular weight is 222 g/mol. The fourth-order valence-corrected chi connectivity index (χ4v) is 3.65. The molecule has 3 aliphatic rings. The molecule has 0 aromatic rings. The molecule has 2 bridgehead atoms. The summed E-state index contributed by atoms with van der Waals surface area (Å²) < 4.78 is 0. The standard InChI is InChI=1S/C12H18N2O2/c15-11-7-14(12(16)5-13-11)6-10-4-8-1-2-9(10)3-8/h8-10H,1-7H2,(H,13,15). The highest BCUT2D eigenvalue weighted by Crippen LogP contribution is 2.48. The van der Waals surface area contributed by atoms with Crippen LogP contribution in [0.5, 0.6) is 0 Å². The van der Waals surface area contributed by atoms with Crippen LogP contribution in [0.4, 0.5) is 0 Å². The predicted octanol–water partition coefficient (Wildman–Crippen LogP) is 0.381. The number of carbonyl (C=O) groups excluding carboxylic acids is 2. The van der Waals surface area contributed by atoms with Crippen LogP contribution in [0.1, 0.15) is 25.7 Å². The van der Waals surface area contributed by atoms with Gasteiger partial charge < -0.3 is 10.2 Å². The fourth-order valence-electron chi connectivity index (χ4n) is 3.65. The van der Waals surface area contributed by atoms with E-state index in [4.69, 9.17) is 0 Å². The van der Waals surface area contributed by atoms with Crippen molar-refractivity contribution in [3.05, 3.63) is 0 Å². The van der Waals surface area contributed by atoms with Crippen LogP contribution in [0.3, 0.4) is 0 Å². The van der Waals surface area contributed by atoms with Gasteiger partial charge in [-0.25, -0.2) is 0 Å². The van der Waals surface area contributed by atoms with E-state index in [1.54, 1.807) is 4.90 Å². The number of hydrogen-bond donors (Lipinski definition) is 1. The summed E-state index contributed by atoms with van der Waals surface area (Å²) in [7, 11) is 0. The van der Waals surface area contributed by atoms with Gasteiger partial charge in [0.25, 0.3) is 0 Å². The zero-order valence-electron chi connectivity index (χ0n) is 9.45. The highest BCUT2D eigenvalue weighted by molar-refractivity contribution is 5.92. The molecule has 3 unspecified atom stereocenters. The van der Waals surface area contributed by atoms with Gasteiger partial charge in [0.15, 0.2) is 0 Å². The Morgan fingerprint density at radius 2 is 2.12 bits per heavy atom. The van der Waals surface area contributed by atoms with Gasteiger partial charge in [0, 0.05) is 6.54 Å². The van der Waals surface area contributed by atoms with E-state index in [1.807, 2.05) is 0 Å². The molecule has 1 N–H and O–H groups in total. The van der Waals surface area contributed by atoms with Crippen molar-refractivity contribution in [1.29, 1.82) is 0 Å². The normalized spacial score (nSPS) is 38.0. The van der Waals surface area contributed by atoms with Crippen LogP contribution in [-0.4, -0.2) is 36.3 Å². The molecule has 1 heterocycles.